The maximum atomic E-state index is 10.4. The molecule has 0 radical (unpaired) electrons. The predicted molar refractivity (Wildman–Crippen MR) is 45.9 cm³/mol. The second-order valence-corrected chi connectivity index (χ2v) is 3.34. The summed E-state index contributed by atoms with van der Waals surface area (Å²) in [6.45, 7) is 6.10. The van der Waals surface area contributed by atoms with Crippen molar-refractivity contribution in [3.05, 3.63) is 0 Å². The Morgan fingerprint density at radius 3 is 2.50 bits per heavy atom. The van der Waals surface area contributed by atoms with Gasteiger partial charge in [0, 0.05) is 13.0 Å². The molecule has 1 unspecified atom stereocenters. The highest BCUT2D eigenvalue weighted by atomic mass is 16.5. The Hall–Kier alpha value is -0.610. The van der Waals surface area contributed by atoms with Gasteiger partial charge < -0.3 is 15.6 Å². The van der Waals surface area contributed by atoms with Crippen LogP contribution in [-0.2, 0) is 9.53 Å². The lowest BCUT2D eigenvalue weighted by Crippen LogP contribution is -2.39. The Bertz CT molecular complexity index is 156. The maximum absolute atomic E-state index is 10.4. The molecule has 0 fully saturated rings. The molecule has 3 N–H and O–H groups in total. The van der Waals surface area contributed by atoms with E-state index in [0.717, 1.165) is 0 Å². The van der Waals surface area contributed by atoms with Crippen molar-refractivity contribution >= 4 is 5.97 Å². The van der Waals surface area contributed by atoms with Gasteiger partial charge in [0.25, 0.3) is 0 Å². The highest BCUT2D eigenvalue weighted by molar-refractivity contribution is 5.73. The van der Waals surface area contributed by atoms with Crippen molar-refractivity contribution in [3.63, 3.8) is 0 Å². The molecule has 4 heteroatoms. The van der Waals surface area contributed by atoms with Crippen molar-refractivity contribution in [1.29, 1.82) is 0 Å². The minimum atomic E-state index is -0.984. The Kier molecular flexibility index (Phi) is 4.20. The molecule has 0 aliphatic rings. The summed E-state index contributed by atoms with van der Waals surface area (Å²) in [5.41, 5.74) is 4.90. The maximum Gasteiger partial charge on any atom is 0.320 e. The molecule has 0 saturated carbocycles. The Morgan fingerprint density at radius 2 is 2.17 bits per heavy atom. The minimum Gasteiger partial charge on any atom is -0.480 e. The molecule has 0 aromatic carbocycles. The topological polar surface area (TPSA) is 72.5 Å². The van der Waals surface area contributed by atoms with E-state index in [4.69, 9.17) is 15.6 Å². The van der Waals surface area contributed by atoms with Crippen molar-refractivity contribution in [2.24, 2.45) is 5.73 Å². The van der Waals surface area contributed by atoms with Crippen LogP contribution >= 0.6 is 0 Å². The molecule has 0 aromatic rings. The first-order valence-corrected chi connectivity index (χ1v) is 4.01. The van der Waals surface area contributed by atoms with Gasteiger partial charge in [0.05, 0.1) is 5.60 Å². The van der Waals surface area contributed by atoms with Gasteiger partial charge >= 0.3 is 5.97 Å². The van der Waals surface area contributed by atoms with Crippen molar-refractivity contribution in [1.82, 2.24) is 0 Å². The van der Waals surface area contributed by atoms with E-state index in [0.29, 0.717) is 13.0 Å². The van der Waals surface area contributed by atoms with Crippen LogP contribution < -0.4 is 5.73 Å². The Labute approximate surface area is 72.7 Å². The lowest BCUT2D eigenvalue weighted by atomic mass is 9.99. The summed E-state index contributed by atoms with van der Waals surface area (Å²) >= 11 is 0. The third kappa shape index (κ3) is 4.31. The number of carbonyl (C=O) groups is 1. The van der Waals surface area contributed by atoms with Gasteiger partial charge in [-0.1, -0.05) is 0 Å². The average molecular weight is 175 g/mol. The van der Waals surface area contributed by atoms with E-state index in [1.165, 1.54) is 0 Å². The van der Waals surface area contributed by atoms with Gasteiger partial charge in [0.1, 0.15) is 6.04 Å². The van der Waals surface area contributed by atoms with Crippen LogP contribution in [0.5, 0.6) is 0 Å². The fourth-order valence-corrected chi connectivity index (χ4v) is 1.07. The number of ether oxygens (including phenoxy) is 1. The van der Waals surface area contributed by atoms with E-state index in [2.05, 4.69) is 0 Å². The summed E-state index contributed by atoms with van der Waals surface area (Å²) in [5.74, 6) is -0.984. The summed E-state index contributed by atoms with van der Waals surface area (Å²) in [6, 6.07) is -0.841. The van der Waals surface area contributed by atoms with Gasteiger partial charge in [-0.2, -0.15) is 0 Å². The van der Waals surface area contributed by atoms with Crippen LogP contribution in [0.2, 0.25) is 0 Å². The standard InChI is InChI=1S/C8H17NO3/c1-4-12-8(2,3)5-6(9)7(10)11/h6H,4-5,9H2,1-3H3,(H,10,11). The molecule has 0 rings (SSSR count). The fraction of sp³-hybridized carbons (Fsp3) is 0.875. The molecule has 0 spiro atoms. The van der Waals surface area contributed by atoms with Crippen LogP contribution in [0.1, 0.15) is 27.2 Å². The lowest BCUT2D eigenvalue weighted by molar-refractivity contribution is -0.140. The van der Waals surface area contributed by atoms with Gasteiger partial charge in [-0.05, 0) is 20.8 Å². The van der Waals surface area contributed by atoms with Gasteiger partial charge in [-0.25, -0.2) is 0 Å². The molecule has 4 nitrogen and oxygen atoms in total. The van der Waals surface area contributed by atoms with Crippen molar-refractivity contribution in [2.75, 3.05) is 6.61 Å². The van der Waals surface area contributed by atoms with E-state index < -0.39 is 17.6 Å². The Morgan fingerprint density at radius 1 is 1.67 bits per heavy atom. The normalized spacial score (nSPS) is 14.3. The first-order valence-electron chi connectivity index (χ1n) is 4.01. The quantitative estimate of drug-likeness (QED) is 0.642. The summed E-state index contributed by atoms with van der Waals surface area (Å²) in [5, 5.41) is 8.53. The second-order valence-electron chi connectivity index (χ2n) is 3.34. The van der Waals surface area contributed by atoms with E-state index >= 15 is 0 Å². The zero-order valence-electron chi connectivity index (χ0n) is 7.83. The van der Waals surface area contributed by atoms with Gasteiger partial charge in [-0.15, -0.1) is 0 Å². The molecule has 0 heterocycles. The SMILES string of the molecule is CCOC(C)(C)CC(N)C(=O)O. The number of aliphatic carboxylic acids is 1. The molecule has 0 aliphatic heterocycles. The molecule has 1 atom stereocenters. The second kappa shape index (κ2) is 4.42. The number of rotatable bonds is 5. The number of carboxylic acid groups (broad SMARTS) is 1. The summed E-state index contributed by atoms with van der Waals surface area (Å²) < 4.78 is 5.31. The van der Waals surface area contributed by atoms with Crippen molar-refractivity contribution in [3.8, 4) is 0 Å². The summed E-state index contributed by atoms with van der Waals surface area (Å²) in [4.78, 5) is 10.4. The smallest absolute Gasteiger partial charge is 0.320 e. The van der Waals surface area contributed by atoms with Crippen LogP contribution in [0.4, 0.5) is 0 Å². The zero-order valence-corrected chi connectivity index (χ0v) is 7.83. The van der Waals surface area contributed by atoms with Crippen molar-refractivity contribution < 1.29 is 14.6 Å². The average Bonchev–Trinajstić information content (AvgIpc) is 1.85. The molecule has 0 amide bonds. The van der Waals surface area contributed by atoms with E-state index in [1.54, 1.807) is 0 Å². The van der Waals surface area contributed by atoms with Crippen LogP contribution in [-0.4, -0.2) is 29.3 Å². The number of hydrogen-bond donors (Lipinski definition) is 2. The third-order valence-corrected chi connectivity index (χ3v) is 1.56. The molecule has 0 aliphatic carbocycles. The number of hydrogen-bond acceptors (Lipinski definition) is 3. The van der Waals surface area contributed by atoms with Crippen LogP contribution in [0, 0.1) is 0 Å². The van der Waals surface area contributed by atoms with Crippen LogP contribution in [0.25, 0.3) is 0 Å². The highest BCUT2D eigenvalue weighted by Gasteiger charge is 2.25. The van der Waals surface area contributed by atoms with Gasteiger partial charge in [-0.3, -0.25) is 4.79 Å². The lowest BCUT2D eigenvalue weighted by Gasteiger charge is -2.26. The van der Waals surface area contributed by atoms with E-state index in [9.17, 15) is 4.79 Å². The van der Waals surface area contributed by atoms with E-state index in [1.807, 2.05) is 20.8 Å². The van der Waals surface area contributed by atoms with E-state index in [-0.39, 0.29) is 0 Å². The minimum absolute atomic E-state index is 0.330. The number of carboxylic acids is 1. The molecular weight excluding hydrogens is 158 g/mol. The van der Waals surface area contributed by atoms with Gasteiger partial charge in [0.15, 0.2) is 0 Å². The third-order valence-electron chi connectivity index (χ3n) is 1.56. The summed E-state index contributed by atoms with van der Waals surface area (Å²) in [7, 11) is 0. The molecule has 0 saturated heterocycles. The summed E-state index contributed by atoms with van der Waals surface area (Å²) in [6.07, 6.45) is 0.330. The molecule has 0 bridgehead atoms. The monoisotopic (exact) mass is 175 g/mol. The van der Waals surface area contributed by atoms with Gasteiger partial charge in [0.2, 0.25) is 0 Å². The molecular formula is C8H17NO3. The fourth-order valence-electron chi connectivity index (χ4n) is 1.07. The first kappa shape index (κ1) is 11.4. The van der Waals surface area contributed by atoms with Crippen molar-refractivity contribution in [2.45, 2.75) is 38.8 Å². The Balaban J connectivity index is 3.95. The highest BCUT2D eigenvalue weighted by Crippen LogP contribution is 2.15. The first-order chi connectivity index (χ1) is 5.39. The van der Waals surface area contributed by atoms with Crippen LogP contribution in [0.15, 0.2) is 0 Å². The molecule has 0 aromatic heterocycles. The predicted octanol–water partition coefficient (Wildman–Crippen LogP) is 0.603. The van der Waals surface area contributed by atoms with Crippen LogP contribution in [0.3, 0.4) is 0 Å². The molecule has 72 valence electrons. The largest absolute Gasteiger partial charge is 0.480 e. The number of nitrogens with two attached hydrogens (primary N) is 1. The molecule has 12 heavy (non-hydrogen) atoms. The zero-order chi connectivity index (χ0) is 9.78.